The van der Waals surface area contributed by atoms with Crippen molar-refractivity contribution in [2.24, 2.45) is 0 Å². The van der Waals surface area contributed by atoms with Crippen LogP contribution in [-0.2, 0) is 21.2 Å². The molecule has 1 heterocycles. The molecule has 5 nitrogen and oxygen atoms in total. The Morgan fingerprint density at radius 1 is 1.28 bits per heavy atom. The number of sulfonamides is 1. The van der Waals surface area contributed by atoms with Crippen LogP contribution in [0.3, 0.4) is 0 Å². The van der Waals surface area contributed by atoms with E-state index in [9.17, 15) is 17.6 Å². The number of hydrogen-bond acceptors (Lipinski definition) is 3. The van der Waals surface area contributed by atoms with Crippen LogP contribution in [0.1, 0.15) is 19.4 Å². The first-order chi connectivity index (χ1) is 11.7. The van der Waals surface area contributed by atoms with Crippen molar-refractivity contribution in [1.82, 2.24) is 0 Å². The van der Waals surface area contributed by atoms with Crippen LogP contribution in [-0.4, -0.2) is 20.4 Å². The molecular weight excluding hydrogens is 367 g/mol. The minimum absolute atomic E-state index is 0.0232. The number of benzene rings is 2. The molecule has 0 aliphatic carbocycles. The fourth-order valence-corrected chi connectivity index (χ4v) is 4.43. The molecule has 0 spiro atoms. The number of anilines is 2. The van der Waals surface area contributed by atoms with Crippen LogP contribution in [0, 0.1) is 5.82 Å². The SMILES string of the molecule is CC(=O)N1c2ccc(S(=O)(=O)Nc3ccc(F)cc3Cl)cc2CC1C. The molecule has 0 fully saturated rings. The maximum atomic E-state index is 13.1. The third kappa shape index (κ3) is 3.34. The molecule has 0 saturated carbocycles. The summed E-state index contributed by atoms with van der Waals surface area (Å²) in [6, 6.07) is 8.02. The number of fused-ring (bicyclic) bond motifs is 1. The topological polar surface area (TPSA) is 66.5 Å². The van der Waals surface area contributed by atoms with Crippen LogP contribution in [0.25, 0.3) is 0 Å². The first-order valence-corrected chi connectivity index (χ1v) is 9.46. The summed E-state index contributed by atoms with van der Waals surface area (Å²) in [5.41, 5.74) is 1.61. The molecule has 0 bridgehead atoms. The van der Waals surface area contributed by atoms with Crippen molar-refractivity contribution in [2.45, 2.75) is 31.2 Å². The highest BCUT2D eigenvalue weighted by molar-refractivity contribution is 7.92. The maximum Gasteiger partial charge on any atom is 0.261 e. The van der Waals surface area contributed by atoms with E-state index in [0.29, 0.717) is 6.42 Å². The van der Waals surface area contributed by atoms with Gasteiger partial charge in [0.1, 0.15) is 5.82 Å². The highest BCUT2D eigenvalue weighted by Gasteiger charge is 2.30. The van der Waals surface area contributed by atoms with E-state index >= 15 is 0 Å². The molecule has 0 radical (unpaired) electrons. The zero-order chi connectivity index (χ0) is 18.4. The first-order valence-electron chi connectivity index (χ1n) is 7.59. The average molecular weight is 383 g/mol. The van der Waals surface area contributed by atoms with E-state index in [1.807, 2.05) is 6.92 Å². The van der Waals surface area contributed by atoms with Gasteiger partial charge in [-0.2, -0.15) is 0 Å². The summed E-state index contributed by atoms with van der Waals surface area (Å²) in [6.45, 7) is 3.39. The number of nitrogens with zero attached hydrogens (tertiary/aromatic N) is 1. The quantitative estimate of drug-likeness (QED) is 0.882. The molecule has 132 valence electrons. The van der Waals surface area contributed by atoms with Crippen molar-refractivity contribution in [3.8, 4) is 0 Å². The van der Waals surface area contributed by atoms with Crippen molar-refractivity contribution in [3.63, 3.8) is 0 Å². The minimum atomic E-state index is -3.89. The molecule has 1 atom stereocenters. The number of halogens is 2. The van der Waals surface area contributed by atoms with E-state index in [1.165, 1.54) is 19.1 Å². The van der Waals surface area contributed by atoms with Crippen LogP contribution in [0.5, 0.6) is 0 Å². The Labute approximate surface area is 150 Å². The number of carbonyl (C=O) groups excluding carboxylic acids is 1. The van der Waals surface area contributed by atoms with Gasteiger partial charge >= 0.3 is 0 Å². The van der Waals surface area contributed by atoms with Crippen molar-refractivity contribution in [3.05, 3.63) is 52.8 Å². The molecule has 2 aromatic carbocycles. The smallest absolute Gasteiger partial charge is 0.261 e. The number of carbonyl (C=O) groups is 1. The molecule has 1 amide bonds. The van der Waals surface area contributed by atoms with E-state index in [0.717, 1.165) is 23.4 Å². The van der Waals surface area contributed by atoms with Gasteiger partial charge in [-0.1, -0.05) is 11.6 Å². The third-order valence-corrected chi connectivity index (χ3v) is 5.77. The molecule has 2 aromatic rings. The van der Waals surface area contributed by atoms with Crippen LogP contribution < -0.4 is 9.62 Å². The first kappa shape index (κ1) is 17.7. The monoisotopic (exact) mass is 382 g/mol. The highest BCUT2D eigenvalue weighted by atomic mass is 35.5. The van der Waals surface area contributed by atoms with Crippen LogP contribution in [0.2, 0.25) is 5.02 Å². The lowest BCUT2D eigenvalue weighted by molar-refractivity contribution is -0.116. The third-order valence-electron chi connectivity index (χ3n) is 4.09. The van der Waals surface area contributed by atoms with Crippen molar-refractivity contribution in [2.75, 3.05) is 9.62 Å². The van der Waals surface area contributed by atoms with Gasteiger partial charge in [0.2, 0.25) is 5.91 Å². The fourth-order valence-electron chi connectivity index (χ4n) is 3.03. The van der Waals surface area contributed by atoms with Crippen LogP contribution in [0.15, 0.2) is 41.3 Å². The zero-order valence-electron chi connectivity index (χ0n) is 13.6. The molecule has 1 aliphatic heterocycles. The lowest BCUT2D eigenvalue weighted by atomic mass is 10.1. The van der Waals surface area contributed by atoms with Crippen molar-refractivity contribution >= 4 is 38.9 Å². The van der Waals surface area contributed by atoms with Gasteiger partial charge in [-0.3, -0.25) is 9.52 Å². The van der Waals surface area contributed by atoms with E-state index in [2.05, 4.69) is 4.72 Å². The number of nitrogens with one attached hydrogen (secondary N) is 1. The van der Waals surface area contributed by atoms with Gasteiger partial charge in [0.15, 0.2) is 0 Å². The van der Waals surface area contributed by atoms with E-state index < -0.39 is 15.8 Å². The molecule has 0 aromatic heterocycles. The zero-order valence-corrected chi connectivity index (χ0v) is 15.2. The second kappa shape index (κ2) is 6.31. The molecule has 0 saturated heterocycles. The Balaban J connectivity index is 1.94. The molecule has 1 aliphatic rings. The lowest BCUT2D eigenvalue weighted by Gasteiger charge is -2.20. The minimum Gasteiger partial charge on any atom is -0.309 e. The second-order valence-corrected chi connectivity index (χ2v) is 8.05. The molecule has 1 unspecified atom stereocenters. The van der Waals surface area contributed by atoms with E-state index in [4.69, 9.17) is 11.6 Å². The molecule has 25 heavy (non-hydrogen) atoms. The van der Waals surface area contributed by atoms with Gasteiger partial charge < -0.3 is 4.90 Å². The van der Waals surface area contributed by atoms with E-state index in [-0.39, 0.29) is 27.6 Å². The molecular formula is C17H16ClFN2O3S. The second-order valence-electron chi connectivity index (χ2n) is 5.96. The van der Waals surface area contributed by atoms with Crippen LogP contribution in [0.4, 0.5) is 15.8 Å². The predicted molar refractivity (Wildman–Crippen MR) is 95.0 cm³/mol. The molecule has 1 N–H and O–H groups in total. The Morgan fingerprint density at radius 3 is 2.64 bits per heavy atom. The lowest BCUT2D eigenvalue weighted by Crippen LogP contribution is -2.33. The maximum absolute atomic E-state index is 13.1. The van der Waals surface area contributed by atoms with Gasteiger partial charge in [0.25, 0.3) is 10.0 Å². The fraction of sp³-hybridized carbons (Fsp3) is 0.235. The predicted octanol–water partition coefficient (Wildman–Crippen LogP) is 3.58. The summed E-state index contributed by atoms with van der Waals surface area (Å²) < 4.78 is 40.6. The number of rotatable bonds is 3. The average Bonchev–Trinajstić information content (AvgIpc) is 2.85. The summed E-state index contributed by atoms with van der Waals surface area (Å²) in [7, 11) is -3.89. The Kier molecular flexibility index (Phi) is 4.47. The Bertz CT molecular complexity index is 962. The summed E-state index contributed by atoms with van der Waals surface area (Å²) in [6.07, 6.45) is 0.579. The number of amides is 1. The number of hydrogen-bond donors (Lipinski definition) is 1. The van der Waals surface area contributed by atoms with Crippen molar-refractivity contribution < 1.29 is 17.6 Å². The highest BCUT2D eigenvalue weighted by Crippen LogP contribution is 2.34. The molecule has 8 heteroatoms. The van der Waals surface area contributed by atoms with Gasteiger partial charge in [-0.15, -0.1) is 0 Å². The normalized spacial score (nSPS) is 16.6. The standard InChI is InChI=1S/C17H16ClFN2O3S/c1-10-7-12-8-14(4-6-17(12)21(10)11(2)22)25(23,24)20-16-5-3-13(19)9-15(16)18/h3-6,8-10,20H,7H2,1-2H3. The van der Waals surface area contributed by atoms with Gasteiger partial charge in [-0.25, -0.2) is 12.8 Å². The van der Waals surface area contributed by atoms with Gasteiger partial charge in [-0.05, 0) is 55.3 Å². The summed E-state index contributed by atoms with van der Waals surface area (Å²) in [5, 5.41) is -0.0267. The van der Waals surface area contributed by atoms with Gasteiger partial charge in [0.05, 0.1) is 15.6 Å². The van der Waals surface area contributed by atoms with Gasteiger partial charge in [0, 0.05) is 18.7 Å². The van der Waals surface area contributed by atoms with E-state index in [1.54, 1.807) is 17.0 Å². The largest absolute Gasteiger partial charge is 0.309 e. The Hall–Kier alpha value is -2.12. The summed E-state index contributed by atoms with van der Waals surface area (Å²) >= 11 is 5.88. The van der Waals surface area contributed by atoms with Crippen molar-refractivity contribution in [1.29, 1.82) is 0 Å². The summed E-state index contributed by atoms with van der Waals surface area (Å²) in [5.74, 6) is -0.637. The summed E-state index contributed by atoms with van der Waals surface area (Å²) in [4.78, 5) is 13.5. The van der Waals surface area contributed by atoms with Crippen LogP contribution >= 0.6 is 11.6 Å². The Morgan fingerprint density at radius 2 is 2.00 bits per heavy atom. The molecule has 3 rings (SSSR count).